The van der Waals surface area contributed by atoms with Crippen molar-refractivity contribution in [3.63, 3.8) is 0 Å². The Bertz CT molecular complexity index is 725. The van der Waals surface area contributed by atoms with Crippen molar-refractivity contribution in [3.05, 3.63) is 11.6 Å². The van der Waals surface area contributed by atoms with Crippen molar-refractivity contribution in [3.8, 4) is 0 Å². The molecule has 32 heavy (non-hydrogen) atoms. The molecule has 3 saturated carbocycles. The van der Waals surface area contributed by atoms with E-state index in [2.05, 4.69) is 26.8 Å². The monoisotopic (exact) mass is 454 g/mol. The Morgan fingerprint density at radius 2 is 1.72 bits per heavy atom. The molecule has 184 valence electrons. The molecule has 0 aliphatic heterocycles. The number of hydrogen-bond donors (Lipinski definition) is 1. The van der Waals surface area contributed by atoms with Crippen LogP contribution in [0.2, 0.25) is 0 Å². The van der Waals surface area contributed by atoms with E-state index in [1.165, 1.54) is 38.2 Å². The summed E-state index contributed by atoms with van der Waals surface area (Å²) in [5.74, 6) is 2.21. The van der Waals surface area contributed by atoms with Gasteiger partial charge in [0.2, 0.25) is 0 Å². The molecule has 0 saturated heterocycles. The molecule has 1 N–H and O–H groups in total. The molecule has 0 unspecified atom stereocenters. The van der Waals surface area contributed by atoms with Crippen LogP contribution in [0.1, 0.15) is 105 Å². The Labute approximate surface area is 193 Å². The van der Waals surface area contributed by atoms with Gasteiger partial charge in [-0.05, 0) is 105 Å². The average molecular weight is 455 g/mol. The summed E-state index contributed by atoms with van der Waals surface area (Å²) in [6.07, 6.45) is 9.43. The first-order valence-electron chi connectivity index (χ1n) is 13.3. The number of allylic oxidation sites excluding steroid dienone is 1. The Kier molecular flexibility index (Phi) is 6.39. The summed E-state index contributed by atoms with van der Waals surface area (Å²) in [6.45, 7) is 10.6. The summed E-state index contributed by atoms with van der Waals surface area (Å²) in [4.78, 5) is 0. The number of fused-ring (bicyclic) bond motifs is 5. The molecule has 0 heterocycles. The van der Waals surface area contributed by atoms with Gasteiger partial charge in [-0.1, -0.05) is 52.2 Å². The van der Waals surface area contributed by atoms with Crippen molar-refractivity contribution in [2.45, 2.75) is 117 Å². The molecule has 0 amide bonds. The minimum absolute atomic E-state index is 0.254. The molecule has 1 nitrogen and oxygen atoms in total. The van der Waals surface area contributed by atoms with E-state index in [9.17, 15) is 18.3 Å². The quantitative estimate of drug-likeness (QED) is 0.414. The molecule has 4 rings (SSSR count). The minimum atomic E-state index is -4.05. The molecular formula is C28H45F3O. The first kappa shape index (κ1) is 24.6. The van der Waals surface area contributed by atoms with Gasteiger partial charge in [0.05, 0.1) is 11.5 Å². The maximum atomic E-state index is 12.9. The Morgan fingerprint density at radius 1 is 1.00 bits per heavy atom. The first-order valence-corrected chi connectivity index (χ1v) is 13.3. The standard InChI is InChI=1S/C28H45F3O/c1-18(7-6-8-19(2)28(29,30)31)22-11-12-23-21-10-9-20-17-25(3,32)15-16-26(20,4)24(21)13-14-27(22,23)5/h9,18-19,21-24,32H,6-8,10-17H2,1-5H3/t18-,19-,21+,22-,23+,24+,25+,26+,27-/m1/s1. The highest BCUT2D eigenvalue weighted by Crippen LogP contribution is 2.67. The predicted molar refractivity (Wildman–Crippen MR) is 124 cm³/mol. The highest BCUT2D eigenvalue weighted by atomic mass is 19.4. The van der Waals surface area contributed by atoms with Crippen molar-refractivity contribution in [1.82, 2.24) is 0 Å². The van der Waals surface area contributed by atoms with Crippen LogP contribution in [0, 0.1) is 46.3 Å². The minimum Gasteiger partial charge on any atom is -0.390 e. The lowest BCUT2D eigenvalue weighted by Gasteiger charge is -2.59. The van der Waals surface area contributed by atoms with Gasteiger partial charge < -0.3 is 5.11 Å². The molecule has 0 aromatic rings. The van der Waals surface area contributed by atoms with Crippen LogP contribution in [-0.4, -0.2) is 16.9 Å². The van der Waals surface area contributed by atoms with E-state index in [0.717, 1.165) is 49.9 Å². The zero-order chi connectivity index (χ0) is 23.5. The van der Waals surface area contributed by atoms with E-state index < -0.39 is 17.7 Å². The van der Waals surface area contributed by atoms with Gasteiger partial charge in [-0.3, -0.25) is 0 Å². The van der Waals surface area contributed by atoms with Gasteiger partial charge in [0.15, 0.2) is 0 Å². The normalized spacial score (nSPS) is 46.0. The number of rotatable bonds is 5. The van der Waals surface area contributed by atoms with E-state index >= 15 is 0 Å². The molecule has 0 radical (unpaired) electrons. The van der Waals surface area contributed by atoms with Crippen LogP contribution >= 0.6 is 0 Å². The first-order chi connectivity index (χ1) is 14.8. The van der Waals surface area contributed by atoms with Crippen LogP contribution in [-0.2, 0) is 0 Å². The second-order valence-corrected chi connectivity index (χ2v) is 13.0. The molecule has 3 fully saturated rings. The maximum Gasteiger partial charge on any atom is 0.391 e. The molecule has 4 aliphatic rings. The third-order valence-electron chi connectivity index (χ3n) is 11.0. The Hall–Kier alpha value is -0.510. The zero-order valence-electron chi connectivity index (χ0n) is 20.9. The fourth-order valence-electron chi connectivity index (χ4n) is 8.89. The molecular weight excluding hydrogens is 409 g/mol. The molecule has 9 atom stereocenters. The molecule has 0 aromatic carbocycles. The van der Waals surface area contributed by atoms with E-state index in [-0.39, 0.29) is 11.8 Å². The van der Waals surface area contributed by atoms with E-state index in [4.69, 9.17) is 0 Å². The fourth-order valence-corrected chi connectivity index (χ4v) is 8.89. The third kappa shape index (κ3) is 4.20. The van der Waals surface area contributed by atoms with Gasteiger partial charge in [0.25, 0.3) is 0 Å². The largest absolute Gasteiger partial charge is 0.391 e. The summed E-state index contributed by atoms with van der Waals surface area (Å²) >= 11 is 0. The van der Waals surface area contributed by atoms with Crippen LogP contribution in [0.3, 0.4) is 0 Å². The smallest absolute Gasteiger partial charge is 0.390 e. The van der Waals surface area contributed by atoms with Gasteiger partial charge >= 0.3 is 6.18 Å². The van der Waals surface area contributed by atoms with Crippen molar-refractivity contribution in [1.29, 1.82) is 0 Å². The van der Waals surface area contributed by atoms with Crippen molar-refractivity contribution in [2.75, 3.05) is 0 Å². The molecule has 0 spiro atoms. The molecule has 4 aliphatic carbocycles. The maximum absolute atomic E-state index is 12.9. The summed E-state index contributed by atoms with van der Waals surface area (Å²) < 4.78 is 38.7. The Morgan fingerprint density at radius 3 is 2.41 bits per heavy atom. The summed E-state index contributed by atoms with van der Waals surface area (Å²) in [6, 6.07) is 0. The lowest BCUT2D eigenvalue weighted by molar-refractivity contribution is -0.171. The second-order valence-electron chi connectivity index (χ2n) is 13.0. The summed E-state index contributed by atoms with van der Waals surface area (Å²) in [5, 5.41) is 10.7. The Balaban J connectivity index is 1.43. The SMILES string of the molecule is C[C@H](CCC[C@@H](C)C(F)(F)F)[C@H]1CC[C@H]2[C@@H]3CC=C4C[C@@](C)(O)CC[C@]4(C)[C@H]3CC[C@]12C. The van der Waals surface area contributed by atoms with Crippen molar-refractivity contribution < 1.29 is 18.3 Å². The summed E-state index contributed by atoms with van der Waals surface area (Å²) in [7, 11) is 0. The lowest BCUT2D eigenvalue weighted by Crippen LogP contribution is -2.52. The fraction of sp³-hybridized carbons (Fsp3) is 0.929. The zero-order valence-corrected chi connectivity index (χ0v) is 20.9. The lowest BCUT2D eigenvalue weighted by atomic mass is 9.46. The van der Waals surface area contributed by atoms with E-state index in [0.29, 0.717) is 23.7 Å². The van der Waals surface area contributed by atoms with Crippen LogP contribution in [0.15, 0.2) is 11.6 Å². The number of aliphatic hydroxyl groups is 1. The number of hydrogen-bond acceptors (Lipinski definition) is 1. The van der Waals surface area contributed by atoms with Gasteiger partial charge in [0, 0.05) is 0 Å². The topological polar surface area (TPSA) is 20.2 Å². The molecule has 0 bridgehead atoms. The van der Waals surface area contributed by atoms with E-state index in [1.807, 2.05) is 6.92 Å². The van der Waals surface area contributed by atoms with Crippen LogP contribution in [0.4, 0.5) is 13.2 Å². The number of alkyl halides is 3. The summed E-state index contributed by atoms with van der Waals surface area (Å²) in [5.41, 5.74) is 1.57. The van der Waals surface area contributed by atoms with E-state index in [1.54, 1.807) is 0 Å². The van der Waals surface area contributed by atoms with Crippen LogP contribution < -0.4 is 0 Å². The van der Waals surface area contributed by atoms with Crippen molar-refractivity contribution >= 4 is 0 Å². The highest BCUT2D eigenvalue weighted by Gasteiger charge is 2.59. The van der Waals surface area contributed by atoms with Gasteiger partial charge in [-0.15, -0.1) is 0 Å². The molecule has 4 heteroatoms. The van der Waals surface area contributed by atoms with Crippen LogP contribution in [0.5, 0.6) is 0 Å². The van der Waals surface area contributed by atoms with Gasteiger partial charge in [-0.2, -0.15) is 13.2 Å². The highest BCUT2D eigenvalue weighted by molar-refractivity contribution is 5.26. The number of halogens is 3. The third-order valence-corrected chi connectivity index (χ3v) is 11.0. The predicted octanol–water partition coefficient (Wildman–Crippen LogP) is 8.32. The van der Waals surface area contributed by atoms with Crippen molar-refractivity contribution in [2.24, 2.45) is 46.3 Å². The second kappa shape index (κ2) is 8.31. The average Bonchev–Trinajstić information content (AvgIpc) is 3.05. The van der Waals surface area contributed by atoms with Gasteiger partial charge in [0.1, 0.15) is 0 Å². The molecule has 0 aromatic heterocycles. The van der Waals surface area contributed by atoms with Gasteiger partial charge in [-0.25, -0.2) is 0 Å². The van der Waals surface area contributed by atoms with Crippen LogP contribution in [0.25, 0.3) is 0 Å².